The average molecular weight is 270 g/mol. The van der Waals surface area contributed by atoms with Gasteiger partial charge in [0.1, 0.15) is 11.1 Å². The Kier molecular flexibility index (Phi) is 5.02. The predicted octanol–water partition coefficient (Wildman–Crippen LogP) is -0.169. The fourth-order valence-electron chi connectivity index (χ4n) is 1.55. The number of carbonyl (C=O) groups excluding carboxylic acids is 1. The van der Waals surface area contributed by atoms with Crippen LogP contribution in [-0.2, 0) is 4.74 Å². The molecule has 98 valence electrons. The highest BCUT2D eigenvalue weighted by molar-refractivity contribution is 7.80. The van der Waals surface area contributed by atoms with E-state index >= 15 is 0 Å². The Bertz CT molecular complexity index is 426. The zero-order valence-electron chi connectivity index (χ0n) is 9.39. The molecule has 18 heavy (non-hydrogen) atoms. The van der Waals surface area contributed by atoms with Crippen molar-refractivity contribution in [2.24, 2.45) is 11.5 Å². The van der Waals surface area contributed by atoms with Gasteiger partial charge in [-0.1, -0.05) is 42.5 Å². The molecule has 1 rings (SSSR count). The molecule has 0 aliphatic heterocycles. The minimum atomic E-state index is -1.64. The summed E-state index contributed by atoms with van der Waals surface area (Å²) in [5.74, 6) is -0.990. The molecule has 0 saturated carbocycles. The van der Waals surface area contributed by atoms with Crippen LogP contribution >= 0.6 is 12.2 Å². The van der Waals surface area contributed by atoms with Crippen LogP contribution in [0.1, 0.15) is 11.5 Å². The number of ether oxygens (including phenoxy) is 1. The molecule has 0 spiro atoms. The Morgan fingerprint density at radius 3 is 2.22 bits per heavy atom. The Labute approximate surface area is 109 Å². The highest BCUT2D eigenvalue weighted by atomic mass is 32.1. The van der Waals surface area contributed by atoms with Crippen molar-refractivity contribution in [2.75, 3.05) is 0 Å². The van der Waals surface area contributed by atoms with Crippen LogP contribution in [0.5, 0.6) is 0 Å². The quantitative estimate of drug-likeness (QED) is 0.436. The molecule has 3 atom stereocenters. The number of carbonyl (C=O) groups is 1. The molecule has 1 unspecified atom stereocenters. The maximum Gasteiger partial charge on any atom is 0.406 e. The van der Waals surface area contributed by atoms with E-state index in [9.17, 15) is 15.0 Å². The summed E-state index contributed by atoms with van der Waals surface area (Å²) >= 11 is 4.67. The Morgan fingerprint density at radius 1 is 1.22 bits per heavy atom. The number of aliphatic hydroxyl groups excluding tert-OH is 2. The third-order valence-electron chi connectivity index (χ3n) is 2.36. The molecule has 0 radical (unpaired) electrons. The maximum absolute atomic E-state index is 10.6. The molecule has 7 heteroatoms. The minimum absolute atomic E-state index is 0.212. The smallest absolute Gasteiger partial charge is 0.406 e. The number of hydrogen-bond acceptors (Lipinski definition) is 5. The fraction of sp³-hybridized carbons (Fsp3) is 0.273. The first-order valence-electron chi connectivity index (χ1n) is 5.10. The number of amides is 1. The van der Waals surface area contributed by atoms with Crippen LogP contribution in [-0.4, -0.2) is 33.7 Å². The molecule has 1 aromatic carbocycles. The number of hydrogen-bond donors (Lipinski definition) is 4. The molecule has 0 aromatic heterocycles. The van der Waals surface area contributed by atoms with E-state index < -0.39 is 24.4 Å². The van der Waals surface area contributed by atoms with Crippen LogP contribution in [0.2, 0.25) is 0 Å². The van der Waals surface area contributed by atoms with E-state index in [0.29, 0.717) is 5.56 Å². The van der Waals surface area contributed by atoms with E-state index in [2.05, 4.69) is 17.0 Å². The maximum atomic E-state index is 10.6. The van der Waals surface area contributed by atoms with E-state index in [-0.39, 0.29) is 4.99 Å². The van der Waals surface area contributed by atoms with Crippen LogP contribution in [0.3, 0.4) is 0 Å². The highest BCUT2D eigenvalue weighted by Gasteiger charge is 2.32. The summed E-state index contributed by atoms with van der Waals surface area (Å²) in [4.78, 5) is 10.4. The summed E-state index contributed by atoms with van der Waals surface area (Å²) < 4.78 is 4.46. The number of thiocarbonyl (C=S) groups is 1. The minimum Gasteiger partial charge on any atom is -0.419 e. The fourth-order valence-corrected chi connectivity index (χ4v) is 1.69. The molecular weight excluding hydrogens is 256 g/mol. The molecule has 1 aromatic rings. The van der Waals surface area contributed by atoms with Crippen molar-refractivity contribution in [1.29, 1.82) is 0 Å². The van der Waals surface area contributed by atoms with Gasteiger partial charge in [0, 0.05) is 0 Å². The van der Waals surface area contributed by atoms with Gasteiger partial charge in [-0.25, -0.2) is 4.79 Å². The number of primary amides is 1. The van der Waals surface area contributed by atoms with E-state index in [1.165, 1.54) is 0 Å². The number of benzene rings is 1. The Balaban J connectivity index is 3.02. The lowest BCUT2D eigenvalue weighted by molar-refractivity contribution is -0.0828. The first-order chi connectivity index (χ1) is 8.43. The lowest BCUT2D eigenvalue weighted by atomic mass is 9.92. The summed E-state index contributed by atoms with van der Waals surface area (Å²) in [6.45, 7) is 0. The van der Waals surface area contributed by atoms with Crippen LogP contribution in [0.4, 0.5) is 4.79 Å². The summed E-state index contributed by atoms with van der Waals surface area (Å²) in [6.07, 6.45) is -4.13. The van der Waals surface area contributed by atoms with Crippen molar-refractivity contribution < 1.29 is 19.7 Å². The molecule has 0 heterocycles. The van der Waals surface area contributed by atoms with Gasteiger partial charge in [0.15, 0.2) is 0 Å². The van der Waals surface area contributed by atoms with Crippen LogP contribution in [0.15, 0.2) is 30.3 Å². The van der Waals surface area contributed by atoms with Crippen molar-refractivity contribution in [3.63, 3.8) is 0 Å². The van der Waals surface area contributed by atoms with E-state index in [1.54, 1.807) is 30.3 Å². The van der Waals surface area contributed by atoms with Crippen LogP contribution in [0, 0.1) is 0 Å². The summed E-state index contributed by atoms with van der Waals surface area (Å²) in [7, 11) is 0. The van der Waals surface area contributed by atoms with Gasteiger partial charge in [0.25, 0.3) is 0 Å². The first kappa shape index (κ1) is 14.4. The molecule has 6 nitrogen and oxygen atoms in total. The second-order valence-corrected chi connectivity index (χ2v) is 4.08. The van der Waals surface area contributed by atoms with E-state index in [4.69, 9.17) is 11.5 Å². The van der Waals surface area contributed by atoms with Crippen molar-refractivity contribution in [2.45, 2.75) is 18.3 Å². The zero-order valence-corrected chi connectivity index (χ0v) is 10.2. The van der Waals surface area contributed by atoms with Gasteiger partial charge in [0.05, 0.1) is 5.92 Å². The summed E-state index contributed by atoms with van der Waals surface area (Å²) in [5, 5.41) is 19.6. The largest absolute Gasteiger partial charge is 0.419 e. The SMILES string of the molecule is NC(=O)OC(O)[C@H](c1ccccc1)[C@@H](O)C(N)=S. The molecule has 6 N–H and O–H groups in total. The van der Waals surface area contributed by atoms with Gasteiger partial charge in [-0.15, -0.1) is 0 Å². The summed E-state index contributed by atoms with van der Waals surface area (Å²) in [5.41, 5.74) is 10.7. The van der Waals surface area contributed by atoms with Gasteiger partial charge in [0.2, 0.25) is 6.29 Å². The topological polar surface area (TPSA) is 119 Å². The van der Waals surface area contributed by atoms with Crippen molar-refractivity contribution in [3.05, 3.63) is 35.9 Å². The Morgan fingerprint density at radius 2 is 1.78 bits per heavy atom. The van der Waals surface area contributed by atoms with Gasteiger partial charge in [-0.3, -0.25) is 0 Å². The van der Waals surface area contributed by atoms with Gasteiger partial charge in [-0.05, 0) is 5.56 Å². The number of rotatable bonds is 5. The standard InChI is InChI=1S/C11H14N2O4S/c12-9(18)8(14)7(10(15)17-11(13)16)6-4-2-1-3-5-6/h1-5,7-8,10,14-15H,(H2,12,18)(H2,13,16)/t7-,8-,10?/m1/s1. The normalized spacial score (nSPS) is 15.4. The zero-order chi connectivity index (χ0) is 13.7. The average Bonchev–Trinajstić information content (AvgIpc) is 2.29. The van der Waals surface area contributed by atoms with Crippen LogP contribution in [0.25, 0.3) is 0 Å². The predicted molar refractivity (Wildman–Crippen MR) is 68.7 cm³/mol. The second-order valence-electron chi connectivity index (χ2n) is 3.61. The molecule has 1 amide bonds. The lowest BCUT2D eigenvalue weighted by Gasteiger charge is -2.26. The number of aliphatic hydroxyl groups is 2. The molecule has 0 fully saturated rings. The molecule has 0 saturated heterocycles. The Hall–Kier alpha value is -1.70. The van der Waals surface area contributed by atoms with Crippen molar-refractivity contribution in [1.82, 2.24) is 0 Å². The first-order valence-corrected chi connectivity index (χ1v) is 5.50. The van der Waals surface area contributed by atoms with Gasteiger partial charge < -0.3 is 26.4 Å². The number of nitrogens with two attached hydrogens (primary N) is 2. The monoisotopic (exact) mass is 270 g/mol. The second kappa shape index (κ2) is 6.29. The van der Waals surface area contributed by atoms with Crippen molar-refractivity contribution >= 4 is 23.3 Å². The van der Waals surface area contributed by atoms with Crippen LogP contribution < -0.4 is 11.5 Å². The molecular formula is C11H14N2O4S. The highest BCUT2D eigenvalue weighted by Crippen LogP contribution is 2.24. The molecule has 0 bridgehead atoms. The lowest BCUT2D eigenvalue weighted by Crippen LogP contribution is -2.41. The van der Waals surface area contributed by atoms with Crippen molar-refractivity contribution in [3.8, 4) is 0 Å². The molecule has 0 aliphatic rings. The third kappa shape index (κ3) is 3.66. The third-order valence-corrected chi connectivity index (χ3v) is 2.60. The van der Waals surface area contributed by atoms with E-state index in [0.717, 1.165) is 0 Å². The van der Waals surface area contributed by atoms with E-state index in [1.807, 2.05) is 0 Å². The molecule has 0 aliphatic carbocycles. The van der Waals surface area contributed by atoms with Gasteiger partial charge >= 0.3 is 6.09 Å². The van der Waals surface area contributed by atoms with Gasteiger partial charge in [-0.2, -0.15) is 0 Å². The summed E-state index contributed by atoms with van der Waals surface area (Å²) in [6, 6.07) is 8.44.